The number of aromatic nitrogens is 1. The molecule has 0 saturated carbocycles. The molecule has 0 radical (unpaired) electrons. The molecule has 6 heteroatoms. The van der Waals surface area contributed by atoms with E-state index in [9.17, 15) is 9.90 Å². The Morgan fingerprint density at radius 3 is 3.20 bits per heavy atom. The van der Waals surface area contributed by atoms with Crippen molar-refractivity contribution in [1.29, 1.82) is 0 Å². The summed E-state index contributed by atoms with van der Waals surface area (Å²) in [7, 11) is 1.35. The van der Waals surface area contributed by atoms with Crippen LogP contribution >= 0.6 is 11.3 Å². The molecule has 82 valence electrons. The van der Waals surface area contributed by atoms with Crippen molar-refractivity contribution in [2.75, 3.05) is 25.1 Å². The van der Waals surface area contributed by atoms with Gasteiger partial charge in [-0.15, -0.1) is 0 Å². The predicted molar refractivity (Wildman–Crippen MR) is 56.3 cm³/mol. The number of hydrogen-bond acceptors (Lipinski definition) is 6. The van der Waals surface area contributed by atoms with E-state index >= 15 is 0 Å². The summed E-state index contributed by atoms with van der Waals surface area (Å²) in [5, 5.41) is 10.1. The van der Waals surface area contributed by atoms with Crippen molar-refractivity contribution >= 4 is 22.4 Å². The lowest BCUT2D eigenvalue weighted by Gasteiger charge is -2.12. The van der Waals surface area contributed by atoms with E-state index in [4.69, 9.17) is 0 Å². The van der Waals surface area contributed by atoms with Gasteiger partial charge in [-0.25, -0.2) is 9.78 Å². The zero-order valence-corrected chi connectivity index (χ0v) is 9.16. The maximum atomic E-state index is 11.2. The minimum Gasteiger partial charge on any atom is -0.465 e. The molecule has 0 spiro atoms. The molecule has 1 atom stereocenters. The van der Waals surface area contributed by atoms with E-state index in [1.54, 1.807) is 0 Å². The van der Waals surface area contributed by atoms with Gasteiger partial charge < -0.3 is 14.7 Å². The molecule has 15 heavy (non-hydrogen) atoms. The lowest BCUT2D eigenvalue weighted by molar-refractivity contribution is 0.0606. The van der Waals surface area contributed by atoms with Crippen LogP contribution in [0, 0.1) is 0 Å². The Bertz CT molecular complexity index is 366. The average Bonchev–Trinajstić information content (AvgIpc) is 2.84. The van der Waals surface area contributed by atoms with Crippen LogP contribution < -0.4 is 4.90 Å². The maximum absolute atomic E-state index is 11.2. The third kappa shape index (κ3) is 2.10. The van der Waals surface area contributed by atoms with Crippen LogP contribution in [0.25, 0.3) is 0 Å². The molecule has 1 unspecified atom stereocenters. The number of aliphatic hydroxyl groups excluding tert-OH is 1. The molecule has 1 saturated heterocycles. The van der Waals surface area contributed by atoms with Crippen molar-refractivity contribution in [3.63, 3.8) is 0 Å². The molecule has 5 nitrogen and oxygen atoms in total. The van der Waals surface area contributed by atoms with Gasteiger partial charge in [0, 0.05) is 13.1 Å². The van der Waals surface area contributed by atoms with Crippen LogP contribution in [0.4, 0.5) is 5.13 Å². The summed E-state index contributed by atoms with van der Waals surface area (Å²) in [6, 6.07) is 0. The largest absolute Gasteiger partial charge is 0.465 e. The summed E-state index contributed by atoms with van der Waals surface area (Å²) in [5.74, 6) is -0.363. The predicted octanol–water partition coefficient (Wildman–Crippen LogP) is 0.501. The fourth-order valence-corrected chi connectivity index (χ4v) is 2.39. The number of carbonyl (C=O) groups excluding carboxylic acids is 1. The van der Waals surface area contributed by atoms with E-state index in [2.05, 4.69) is 9.72 Å². The van der Waals surface area contributed by atoms with Crippen molar-refractivity contribution in [2.24, 2.45) is 0 Å². The number of esters is 1. The topological polar surface area (TPSA) is 62.7 Å². The standard InChI is InChI=1S/C9H12N2O3S/c1-14-8(13)7-4-10-9(15-7)11-3-2-6(12)5-11/h4,6,12H,2-3,5H2,1H3. The number of carbonyl (C=O) groups is 1. The number of hydrogen-bond donors (Lipinski definition) is 1. The second-order valence-electron chi connectivity index (χ2n) is 3.39. The minimum atomic E-state index is -0.363. The van der Waals surface area contributed by atoms with Gasteiger partial charge in [0.2, 0.25) is 0 Å². The molecule has 1 aromatic heterocycles. The normalized spacial score (nSPS) is 20.7. The van der Waals surface area contributed by atoms with Gasteiger partial charge in [-0.2, -0.15) is 0 Å². The number of aliphatic hydroxyl groups is 1. The van der Waals surface area contributed by atoms with Crippen LogP contribution in [0.1, 0.15) is 16.1 Å². The number of thiazole rings is 1. The molecule has 2 heterocycles. The average molecular weight is 228 g/mol. The van der Waals surface area contributed by atoms with Crippen LogP contribution in [0.3, 0.4) is 0 Å². The Morgan fingerprint density at radius 1 is 1.80 bits per heavy atom. The van der Waals surface area contributed by atoms with Gasteiger partial charge in [-0.1, -0.05) is 11.3 Å². The minimum absolute atomic E-state index is 0.282. The quantitative estimate of drug-likeness (QED) is 0.747. The Morgan fingerprint density at radius 2 is 2.60 bits per heavy atom. The Labute approximate surface area is 91.3 Å². The van der Waals surface area contributed by atoms with Crippen LogP contribution in [0.5, 0.6) is 0 Å². The molecule has 0 aromatic carbocycles. The summed E-state index contributed by atoms with van der Waals surface area (Å²) >= 11 is 1.29. The molecule has 1 fully saturated rings. The highest BCUT2D eigenvalue weighted by atomic mass is 32.1. The van der Waals surface area contributed by atoms with Gasteiger partial charge in [-0.3, -0.25) is 0 Å². The second kappa shape index (κ2) is 4.16. The zero-order chi connectivity index (χ0) is 10.8. The molecule has 0 amide bonds. The fourth-order valence-electron chi connectivity index (χ4n) is 1.52. The summed E-state index contributed by atoms with van der Waals surface area (Å²) in [5.41, 5.74) is 0. The first-order valence-electron chi connectivity index (χ1n) is 4.68. The SMILES string of the molecule is COC(=O)c1cnc(N2CCC(O)C2)s1. The Hall–Kier alpha value is -1.14. The monoisotopic (exact) mass is 228 g/mol. The second-order valence-corrected chi connectivity index (χ2v) is 4.40. The molecule has 0 aliphatic carbocycles. The molecular weight excluding hydrogens is 216 g/mol. The number of β-amino-alcohol motifs (C(OH)–C–C–N with tert-alkyl or cyclic N) is 1. The highest BCUT2D eigenvalue weighted by Gasteiger charge is 2.23. The molecular formula is C9H12N2O3S. The highest BCUT2D eigenvalue weighted by Crippen LogP contribution is 2.26. The Balaban J connectivity index is 2.10. The maximum Gasteiger partial charge on any atom is 0.349 e. The highest BCUT2D eigenvalue weighted by molar-refractivity contribution is 7.17. The number of nitrogens with zero attached hydrogens (tertiary/aromatic N) is 2. The van der Waals surface area contributed by atoms with E-state index in [1.807, 2.05) is 4.90 Å². The molecule has 1 aliphatic rings. The fraction of sp³-hybridized carbons (Fsp3) is 0.556. The number of rotatable bonds is 2. The van der Waals surface area contributed by atoms with E-state index in [0.29, 0.717) is 11.4 Å². The van der Waals surface area contributed by atoms with Crippen LogP contribution in [0.15, 0.2) is 6.20 Å². The number of ether oxygens (including phenoxy) is 1. The third-order valence-electron chi connectivity index (χ3n) is 2.31. The summed E-state index contributed by atoms with van der Waals surface area (Å²) in [6.07, 6.45) is 1.99. The zero-order valence-electron chi connectivity index (χ0n) is 8.34. The van der Waals surface area contributed by atoms with E-state index in [1.165, 1.54) is 24.6 Å². The molecule has 1 aliphatic heterocycles. The first kappa shape index (κ1) is 10.4. The van der Waals surface area contributed by atoms with Gasteiger partial charge in [0.05, 0.1) is 19.4 Å². The Kier molecular flexibility index (Phi) is 2.88. The lowest BCUT2D eigenvalue weighted by atomic mass is 10.3. The van der Waals surface area contributed by atoms with Crippen molar-refractivity contribution in [3.8, 4) is 0 Å². The van der Waals surface area contributed by atoms with Gasteiger partial charge in [0.15, 0.2) is 5.13 Å². The summed E-state index contributed by atoms with van der Waals surface area (Å²) in [4.78, 5) is 17.8. The van der Waals surface area contributed by atoms with Crippen molar-refractivity contribution in [3.05, 3.63) is 11.1 Å². The number of anilines is 1. The van der Waals surface area contributed by atoms with Gasteiger partial charge >= 0.3 is 5.97 Å². The lowest BCUT2D eigenvalue weighted by Crippen LogP contribution is -2.20. The van der Waals surface area contributed by atoms with Gasteiger partial charge in [-0.05, 0) is 6.42 Å². The van der Waals surface area contributed by atoms with Crippen molar-refractivity contribution in [2.45, 2.75) is 12.5 Å². The van der Waals surface area contributed by atoms with Crippen molar-refractivity contribution < 1.29 is 14.6 Å². The molecule has 1 aromatic rings. The molecule has 1 N–H and O–H groups in total. The van der Waals surface area contributed by atoms with Crippen LogP contribution in [0.2, 0.25) is 0 Å². The van der Waals surface area contributed by atoms with E-state index in [0.717, 1.165) is 18.1 Å². The van der Waals surface area contributed by atoms with Gasteiger partial charge in [0.25, 0.3) is 0 Å². The first-order valence-corrected chi connectivity index (χ1v) is 5.49. The van der Waals surface area contributed by atoms with Crippen molar-refractivity contribution in [1.82, 2.24) is 4.98 Å². The first-order chi connectivity index (χ1) is 7.20. The van der Waals surface area contributed by atoms with Gasteiger partial charge in [0.1, 0.15) is 4.88 Å². The molecule has 0 bridgehead atoms. The number of methoxy groups -OCH3 is 1. The van der Waals surface area contributed by atoms with Crippen LogP contribution in [-0.2, 0) is 4.74 Å². The van der Waals surface area contributed by atoms with Crippen LogP contribution in [-0.4, -0.2) is 42.4 Å². The smallest absolute Gasteiger partial charge is 0.349 e. The van der Waals surface area contributed by atoms with E-state index < -0.39 is 0 Å². The third-order valence-corrected chi connectivity index (χ3v) is 3.35. The van der Waals surface area contributed by atoms with E-state index in [-0.39, 0.29) is 12.1 Å². The molecule has 2 rings (SSSR count). The summed E-state index contributed by atoms with van der Waals surface area (Å²) in [6.45, 7) is 1.38. The summed E-state index contributed by atoms with van der Waals surface area (Å²) < 4.78 is 4.60.